The molecule has 0 radical (unpaired) electrons. The fourth-order valence-corrected chi connectivity index (χ4v) is 2.72. The molecular weight excluding hydrogens is 319 g/mol. The number of hydrogen-bond acceptors (Lipinski definition) is 4. The Morgan fingerprint density at radius 2 is 1.91 bits per heavy atom. The summed E-state index contributed by atoms with van der Waals surface area (Å²) in [4.78, 5) is 8.82. The Labute approximate surface area is 140 Å². The molecule has 1 aromatic carbocycles. The number of anilines is 2. The van der Waals surface area contributed by atoms with Gasteiger partial charge in [-0.1, -0.05) is 29.3 Å². The van der Waals surface area contributed by atoms with E-state index in [0.29, 0.717) is 16.1 Å². The van der Waals surface area contributed by atoms with Crippen molar-refractivity contribution in [3.8, 4) is 0 Å². The highest BCUT2D eigenvalue weighted by Gasteiger charge is 2.21. The Bertz CT molecular complexity index is 671. The summed E-state index contributed by atoms with van der Waals surface area (Å²) in [5, 5.41) is 8.08. The summed E-state index contributed by atoms with van der Waals surface area (Å²) in [5.74, 6) is 2.49. The molecule has 1 saturated carbocycles. The van der Waals surface area contributed by atoms with Crippen LogP contribution in [-0.2, 0) is 6.42 Å². The van der Waals surface area contributed by atoms with E-state index >= 15 is 0 Å². The maximum absolute atomic E-state index is 6.18. The van der Waals surface area contributed by atoms with Gasteiger partial charge in [0.15, 0.2) is 0 Å². The van der Waals surface area contributed by atoms with Gasteiger partial charge in [-0.2, -0.15) is 0 Å². The van der Waals surface area contributed by atoms with E-state index in [1.54, 1.807) is 6.07 Å². The minimum atomic E-state index is 0.579. The molecule has 1 fully saturated rings. The number of nitrogens with zero attached hydrogens (tertiary/aromatic N) is 2. The molecule has 116 valence electrons. The molecule has 1 aliphatic carbocycles. The second-order valence-corrected chi connectivity index (χ2v) is 6.36. The number of halogens is 2. The smallest absolute Gasteiger partial charge is 0.132 e. The predicted octanol–water partition coefficient (Wildman–Crippen LogP) is 4.32. The largest absolute Gasteiger partial charge is 0.370 e. The lowest BCUT2D eigenvalue weighted by atomic mass is 10.1. The van der Waals surface area contributed by atoms with Gasteiger partial charge in [-0.3, -0.25) is 0 Å². The SMILES string of the molecule is Cc1nc(NCCc2ccc(Cl)cc2Cl)cc(NC2CC2)n1. The molecule has 0 atom stereocenters. The first-order valence-electron chi connectivity index (χ1n) is 7.40. The molecule has 1 aromatic heterocycles. The number of aromatic nitrogens is 2. The zero-order valence-electron chi connectivity index (χ0n) is 12.4. The molecule has 2 N–H and O–H groups in total. The molecule has 0 unspecified atom stereocenters. The average molecular weight is 337 g/mol. The van der Waals surface area contributed by atoms with Crippen molar-refractivity contribution in [2.75, 3.05) is 17.2 Å². The van der Waals surface area contributed by atoms with Crippen LogP contribution in [0.5, 0.6) is 0 Å². The van der Waals surface area contributed by atoms with E-state index in [4.69, 9.17) is 23.2 Å². The summed E-state index contributed by atoms with van der Waals surface area (Å²) in [5.41, 5.74) is 1.07. The number of hydrogen-bond donors (Lipinski definition) is 2. The van der Waals surface area contributed by atoms with E-state index in [-0.39, 0.29) is 0 Å². The van der Waals surface area contributed by atoms with Crippen molar-refractivity contribution in [1.82, 2.24) is 9.97 Å². The van der Waals surface area contributed by atoms with Gasteiger partial charge in [-0.05, 0) is 43.9 Å². The van der Waals surface area contributed by atoms with Crippen LogP contribution in [0.15, 0.2) is 24.3 Å². The fourth-order valence-electron chi connectivity index (χ4n) is 2.22. The minimum Gasteiger partial charge on any atom is -0.370 e. The highest BCUT2D eigenvalue weighted by atomic mass is 35.5. The molecule has 1 heterocycles. The molecule has 3 rings (SSSR count). The predicted molar refractivity (Wildman–Crippen MR) is 92.1 cm³/mol. The number of benzene rings is 1. The summed E-state index contributed by atoms with van der Waals surface area (Å²) >= 11 is 12.1. The lowest BCUT2D eigenvalue weighted by molar-refractivity contribution is 0.975. The Morgan fingerprint density at radius 3 is 2.64 bits per heavy atom. The van der Waals surface area contributed by atoms with Crippen molar-refractivity contribution in [1.29, 1.82) is 0 Å². The summed E-state index contributed by atoms with van der Waals surface area (Å²) in [7, 11) is 0. The molecule has 0 spiro atoms. The molecule has 22 heavy (non-hydrogen) atoms. The number of nitrogens with one attached hydrogen (secondary N) is 2. The van der Waals surface area contributed by atoms with Crippen LogP contribution < -0.4 is 10.6 Å². The van der Waals surface area contributed by atoms with E-state index in [2.05, 4.69) is 20.6 Å². The molecule has 2 aromatic rings. The van der Waals surface area contributed by atoms with Gasteiger partial charge in [0.2, 0.25) is 0 Å². The fraction of sp³-hybridized carbons (Fsp3) is 0.375. The van der Waals surface area contributed by atoms with Crippen LogP contribution >= 0.6 is 23.2 Å². The summed E-state index contributed by atoms with van der Waals surface area (Å²) in [6, 6.07) is 8.11. The van der Waals surface area contributed by atoms with Gasteiger partial charge in [-0.25, -0.2) is 9.97 Å². The molecule has 0 bridgehead atoms. The van der Waals surface area contributed by atoms with E-state index < -0.39 is 0 Å². The molecule has 0 saturated heterocycles. The Morgan fingerprint density at radius 1 is 1.14 bits per heavy atom. The third kappa shape index (κ3) is 4.24. The van der Waals surface area contributed by atoms with Crippen LogP contribution in [0.3, 0.4) is 0 Å². The van der Waals surface area contributed by atoms with Crippen LogP contribution in [0, 0.1) is 6.92 Å². The lowest BCUT2D eigenvalue weighted by Crippen LogP contribution is -2.10. The summed E-state index contributed by atoms with van der Waals surface area (Å²) < 4.78 is 0. The molecule has 1 aliphatic rings. The van der Waals surface area contributed by atoms with Crippen LogP contribution in [0.1, 0.15) is 24.2 Å². The zero-order chi connectivity index (χ0) is 15.5. The van der Waals surface area contributed by atoms with Crippen LogP contribution in [0.25, 0.3) is 0 Å². The lowest BCUT2D eigenvalue weighted by Gasteiger charge is -2.10. The molecule has 0 amide bonds. The molecule has 6 heteroatoms. The number of rotatable bonds is 6. The average Bonchev–Trinajstić information content (AvgIpc) is 3.24. The molecule has 0 aliphatic heterocycles. The van der Waals surface area contributed by atoms with Crippen molar-refractivity contribution in [2.45, 2.75) is 32.2 Å². The van der Waals surface area contributed by atoms with Crippen molar-refractivity contribution >= 4 is 34.8 Å². The highest BCUT2D eigenvalue weighted by molar-refractivity contribution is 6.35. The normalized spacial score (nSPS) is 14.0. The zero-order valence-corrected chi connectivity index (χ0v) is 13.9. The molecular formula is C16H18Cl2N4. The first-order chi connectivity index (χ1) is 10.6. The van der Waals surface area contributed by atoms with Gasteiger partial charge in [0.25, 0.3) is 0 Å². The molecule has 4 nitrogen and oxygen atoms in total. The van der Waals surface area contributed by atoms with Gasteiger partial charge in [-0.15, -0.1) is 0 Å². The van der Waals surface area contributed by atoms with Crippen LogP contribution in [0.2, 0.25) is 10.0 Å². The summed E-state index contributed by atoms with van der Waals surface area (Å²) in [6.07, 6.45) is 3.26. The first-order valence-corrected chi connectivity index (χ1v) is 8.16. The van der Waals surface area contributed by atoms with Gasteiger partial charge in [0.1, 0.15) is 17.5 Å². The van der Waals surface area contributed by atoms with Crippen molar-refractivity contribution in [3.63, 3.8) is 0 Å². The Hall–Kier alpha value is -1.52. The van der Waals surface area contributed by atoms with Gasteiger partial charge in [0.05, 0.1) is 0 Å². The van der Waals surface area contributed by atoms with Crippen LogP contribution in [-0.4, -0.2) is 22.6 Å². The van der Waals surface area contributed by atoms with E-state index in [0.717, 1.165) is 36.0 Å². The maximum atomic E-state index is 6.18. The second kappa shape index (κ2) is 6.71. The van der Waals surface area contributed by atoms with Crippen LogP contribution in [0.4, 0.5) is 11.6 Å². The number of aryl methyl sites for hydroxylation is 1. The first kappa shape index (κ1) is 15.4. The Kier molecular flexibility index (Phi) is 4.69. The van der Waals surface area contributed by atoms with Crippen molar-refractivity contribution < 1.29 is 0 Å². The van der Waals surface area contributed by atoms with Crippen molar-refractivity contribution in [3.05, 3.63) is 45.7 Å². The van der Waals surface area contributed by atoms with E-state index in [1.165, 1.54) is 12.8 Å². The third-order valence-corrected chi connectivity index (χ3v) is 4.07. The van der Waals surface area contributed by atoms with E-state index in [1.807, 2.05) is 25.1 Å². The Balaban J connectivity index is 1.59. The van der Waals surface area contributed by atoms with Crippen molar-refractivity contribution in [2.24, 2.45) is 0 Å². The van der Waals surface area contributed by atoms with Gasteiger partial charge in [0, 0.05) is 28.7 Å². The van der Waals surface area contributed by atoms with Gasteiger partial charge >= 0.3 is 0 Å². The third-order valence-electron chi connectivity index (χ3n) is 3.48. The minimum absolute atomic E-state index is 0.579. The van der Waals surface area contributed by atoms with E-state index in [9.17, 15) is 0 Å². The van der Waals surface area contributed by atoms with Gasteiger partial charge < -0.3 is 10.6 Å². The quantitative estimate of drug-likeness (QED) is 0.824. The topological polar surface area (TPSA) is 49.8 Å². The standard InChI is InChI=1S/C16H18Cl2N4/c1-10-20-15(9-16(21-10)22-13-4-5-13)19-7-6-11-2-3-12(17)8-14(11)18/h2-3,8-9,13H,4-7H2,1H3,(H2,19,20,21,22). The second-order valence-electron chi connectivity index (χ2n) is 5.52. The maximum Gasteiger partial charge on any atom is 0.132 e. The summed E-state index contributed by atoms with van der Waals surface area (Å²) in [6.45, 7) is 2.65. The monoisotopic (exact) mass is 336 g/mol. The highest BCUT2D eigenvalue weighted by Crippen LogP contribution is 2.25.